The Morgan fingerprint density at radius 2 is 1.76 bits per heavy atom. The second-order valence-corrected chi connectivity index (χ2v) is 11.2. The summed E-state index contributed by atoms with van der Waals surface area (Å²) in [6.07, 6.45) is -3.07. The van der Waals surface area contributed by atoms with Crippen molar-refractivity contribution in [3.8, 4) is 0 Å². The van der Waals surface area contributed by atoms with Crippen molar-refractivity contribution in [3.63, 3.8) is 0 Å². The van der Waals surface area contributed by atoms with E-state index in [0.29, 0.717) is 39.0 Å². The normalized spacial score (nSPS) is 11.9. The number of sulfonamides is 1. The van der Waals surface area contributed by atoms with Crippen molar-refractivity contribution in [3.05, 3.63) is 105 Å². The number of hydrogen-bond acceptors (Lipinski definition) is 6. The average molecular weight is 566 g/mol. The molecule has 0 saturated heterocycles. The summed E-state index contributed by atoms with van der Waals surface area (Å²) >= 11 is 7.51. The molecule has 0 aliphatic carbocycles. The number of nitrogens with zero attached hydrogens (tertiary/aromatic N) is 1. The third kappa shape index (κ3) is 6.37. The van der Waals surface area contributed by atoms with E-state index in [1.54, 1.807) is 30.3 Å². The van der Waals surface area contributed by atoms with Gasteiger partial charge in [0, 0.05) is 22.8 Å². The van der Waals surface area contributed by atoms with Gasteiger partial charge in [-0.2, -0.15) is 13.2 Å². The Kier molecular flexibility index (Phi) is 7.69. The van der Waals surface area contributed by atoms with Crippen molar-refractivity contribution in [1.29, 1.82) is 0 Å². The monoisotopic (exact) mass is 565 g/mol. The highest BCUT2D eigenvalue weighted by Crippen LogP contribution is 2.30. The van der Waals surface area contributed by atoms with Gasteiger partial charge in [-0.25, -0.2) is 18.1 Å². The van der Waals surface area contributed by atoms with E-state index in [-0.39, 0.29) is 22.2 Å². The van der Waals surface area contributed by atoms with E-state index in [1.165, 1.54) is 17.5 Å². The van der Waals surface area contributed by atoms with Gasteiger partial charge in [0.15, 0.2) is 5.13 Å². The number of hydrogen-bond donors (Lipinski definition) is 2. The lowest BCUT2D eigenvalue weighted by Crippen LogP contribution is -2.23. The van der Waals surface area contributed by atoms with Crippen molar-refractivity contribution in [2.45, 2.75) is 24.5 Å². The maximum absolute atomic E-state index is 12.8. The number of halogens is 4. The van der Waals surface area contributed by atoms with Crippen molar-refractivity contribution < 1.29 is 26.4 Å². The van der Waals surface area contributed by atoms with Crippen LogP contribution in [0.5, 0.6) is 0 Å². The second-order valence-electron chi connectivity index (χ2n) is 7.95. The summed E-state index contributed by atoms with van der Waals surface area (Å²) in [5.41, 5.74) is 1.56. The number of anilines is 2. The lowest BCUT2D eigenvalue weighted by atomic mass is 10.0. The molecule has 1 aromatic heterocycles. The number of aromatic nitrogens is 1. The lowest BCUT2D eigenvalue weighted by molar-refractivity contribution is -0.137. The molecule has 4 aromatic rings. The highest BCUT2D eigenvalue weighted by molar-refractivity contribution is 7.89. The Morgan fingerprint density at radius 3 is 2.41 bits per heavy atom. The Bertz CT molecular complexity index is 1550. The number of ketones is 1. The van der Waals surface area contributed by atoms with Crippen molar-refractivity contribution in [2.24, 2.45) is 0 Å². The van der Waals surface area contributed by atoms with Gasteiger partial charge in [0.1, 0.15) is 0 Å². The predicted octanol–water partition coefficient (Wildman–Crippen LogP) is 6.58. The molecule has 0 radical (unpaired) electrons. The van der Waals surface area contributed by atoms with Gasteiger partial charge in [0.25, 0.3) is 0 Å². The van der Waals surface area contributed by atoms with Crippen LogP contribution in [0.1, 0.15) is 31.9 Å². The maximum atomic E-state index is 12.8. The molecule has 4 rings (SSSR count). The van der Waals surface area contributed by atoms with Crippen LogP contribution in [0.2, 0.25) is 5.02 Å². The van der Waals surface area contributed by atoms with E-state index in [0.717, 1.165) is 17.7 Å². The summed E-state index contributed by atoms with van der Waals surface area (Å²) in [6, 6.07) is 15.3. The molecule has 37 heavy (non-hydrogen) atoms. The molecule has 0 unspecified atom stereocenters. The van der Waals surface area contributed by atoms with Gasteiger partial charge in [0.05, 0.1) is 21.5 Å². The van der Waals surface area contributed by atoms with Gasteiger partial charge in [-0.05, 0) is 54.4 Å². The molecule has 0 aliphatic rings. The fraction of sp³-hybridized carbons (Fsp3) is 0.120. The molecule has 0 bridgehead atoms. The number of rotatable bonds is 8. The topological polar surface area (TPSA) is 88.2 Å². The summed E-state index contributed by atoms with van der Waals surface area (Å²) in [7, 11) is -4.06. The van der Waals surface area contributed by atoms with Crippen LogP contribution >= 0.6 is 22.9 Å². The molecule has 1 heterocycles. The van der Waals surface area contributed by atoms with Crippen LogP contribution < -0.4 is 10.0 Å². The molecular formula is C25H19ClF3N3O3S2. The fourth-order valence-electron chi connectivity index (χ4n) is 3.37. The van der Waals surface area contributed by atoms with Crippen LogP contribution in [0.15, 0.2) is 77.8 Å². The maximum Gasteiger partial charge on any atom is 0.416 e. The minimum absolute atomic E-state index is 0.127. The standard InChI is InChI=1S/C25H19ClF3N3O3S2/c1-15-4-2-3-5-20(15)23(33)22-14-30-24(36-22)32-18-9-6-16(21(26)12-18)13-31-37(34,35)19-10-7-17(8-11-19)25(27,28)29/h2-12,14,31H,13H2,1H3,(H,30,32). The third-order valence-electron chi connectivity index (χ3n) is 5.37. The number of nitrogens with one attached hydrogen (secondary N) is 2. The van der Waals surface area contributed by atoms with E-state index in [9.17, 15) is 26.4 Å². The van der Waals surface area contributed by atoms with Crippen LogP contribution in [-0.2, 0) is 22.7 Å². The molecule has 0 fully saturated rings. The number of alkyl halides is 3. The van der Waals surface area contributed by atoms with Crippen molar-refractivity contribution in [2.75, 3.05) is 5.32 Å². The predicted molar refractivity (Wildman–Crippen MR) is 137 cm³/mol. The van der Waals surface area contributed by atoms with Crippen LogP contribution in [0.4, 0.5) is 24.0 Å². The smallest absolute Gasteiger partial charge is 0.331 e. The molecule has 192 valence electrons. The van der Waals surface area contributed by atoms with E-state index in [4.69, 9.17) is 11.6 Å². The molecule has 0 aliphatic heterocycles. The Morgan fingerprint density at radius 1 is 1.05 bits per heavy atom. The first-order valence-corrected chi connectivity index (χ1v) is 13.4. The van der Waals surface area contributed by atoms with Crippen LogP contribution in [0, 0.1) is 6.92 Å². The zero-order valence-corrected chi connectivity index (χ0v) is 21.5. The summed E-state index contributed by atoms with van der Waals surface area (Å²) in [5, 5.41) is 3.80. The minimum atomic E-state index is -4.56. The van der Waals surface area contributed by atoms with E-state index in [2.05, 4.69) is 15.0 Å². The molecule has 2 N–H and O–H groups in total. The first-order chi connectivity index (χ1) is 17.4. The van der Waals surface area contributed by atoms with E-state index in [1.807, 2.05) is 19.1 Å². The van der Waals surface area contributed by atoms with E-state index >= 15 is 0 Å². The summed E-state index contributed by atoms with van der Waals surface area (Å²) in [4.78, 5) is 17.2. The Hall–Kier alpha value is -3.25. The second kappa shape index (κ2) is 10.6. The fourth-order valence-corrected chi connectivity index (χ4v) is 5.41. The van der Waals surface area contributed by atoms with Gasteiger partial charge in [-0.1, -0.05) is 53.3 Å². The number of aryl methyl sites for hydroxylation is 1. The quantitative estimate of drug-likeness (QED) is 0.236. The largest absolute Gasteiger partial charge is 0.416 e. The number of carbonyl (C=O) groups is 1. The zero-order chi connectivity index (χ0) is 26.8. The summed E-state index contributed by atoms with van der Waals surface area (Å²) in [6.45, 7) is 1.69. The first kappa shape index (κ1) is 26.8. The van der Waals surface area contributed by atoms with Gasteiger partial charge in [-0.15, -0.1) is 0 Å². The first-order valence-electron chi connectivity index (χ1n) is 10.7. The number of thiazole rings is 1. The molecule has 3 aromatic carbocycles. The number of carbonyl (C=O) groups excluding carboxylic acids is 1. The minimum Gasteiger partial charge on any atom is -0.331 e. The molecule has 0 amide bonds. The molecule has 12 heteroatoms. The van der Waals surface area contributed by atoms with Gasteiger partial charge in [-0.3, -0.25) is 4.79 Å². The van der Waals surface area contributed by atoms with Crippen LogP contribution in [0.25, 0.3) is 0 Å². The zero-order valence-electron chi connectivity index (χ0n) is 19.1. The Labute approximate surface area is 220 Å². The summed E-state index contributed by atoms with van der Waals surface area (Å²) < 4.78 is 65.5. The summed E-state index contributed by atoms with van der Waals surface area (Å²) in [5.74, 6) is -0.127. The highest BCUT2D eigenvalue weighted by Gasteiger charge is 2.30. The highest BCUT2D eigenvalue weighted by atomic mass is 35.5. The van der Waals surface area contributed by atoms with E-state index < -0.39 is 21.8 Å². The molecular weight excluding hydrogens is 547 g/mol. The Balaban J connectivity index is 1.41. The molecule has 0 spiro atoms. The van der Waals surface area contributed by atoms with Crippen molar-refractivity contribution in [1.82, 2.24) is 9.71 Å². The van der Waals surface area contributed by atoms with Gasteiger partial charge in [0.2, 0.25) is 15.8 Å². The van der Waals surface area contributed by atoms with Gasteiger partial charge >= 0.3 is 6.18 Å². The number of benzene rings is 3. The molecule has 0 atom stereocenters. The SMILES string of the molecule is Cc1ccccc1C(=O)c1cnc(Nc2ccc(CNS(=O)(=O)c3ccc(C(F)(F)F)cc3)c(Cl)c2)s1. The lowest BCUT2D eigenvalue weighted by Gasteiger charge is -2.11. The van der Waals surface area contributed by atoms with Crippen LogP contribution in [-0.4, -0.2) is 19.2 Å². The van der Waals surface area contributed by atoms with Crippen LogP contribution in [0.3, 0.4) is 0 Å². The third-order valence-corrected chi connectivity index (χ3v) is 8.05. The average Bonchev–Trinajstić information content (AvgIpc) is 3.31. The molecule has 6 nitrogen and oxygen atoms in total. The van der Waals surface area contributed by atoms with Crippen molar-refractivity contribution >= 4 is 49.6 Å². The van der Waals surface area contributed by atoms with Gasteiger partial charge < -0.3 is 5.32 Å². The molecule has 0 saturated carbocycles.